The van der Waals surface area contributed by atoms with E-state index in [0.29, 0.717) is 21.4 Å². The summed E-state index contributed by atoms with van der Waals surface area (Å²) in [6.07, 6.45) is 0. The summed E-state index contributed by atoms with van der Waals surface area (Å²) in [4.78, 5) is 0. The lowest BCUT2D eigenvalue weighted by molar-refractivity contribution is 0.585. The van der Waals surface area contributed by atoms with Crippen LogP contribution in [0.1, 0.15) is 0 Å². The van der Waals surface area contributed by atoms with Crippen molar-refractivity contribution >= 4 is 42.0 Å². The van der Waals surface area contributed by atoms with Crippen LogP contribution in [0, 0.1) is 0 Å². The monoisotopic (exact) mass is 314 g/mol. The number of benzene rings is 2. The fourth-order valence-corrected chi connectivity index (χ4v) is 3.34. The van der Waals surface area contributed by atoms with E-state index in [1.54, 1.807) is 43.1 Å². The Balaban J connectivity index is 2.12. The second-order valence-corrected chi connectivity index (χ2v) is 7.34. The molecule has 100 valence electrons. The van der Waals surface area contributed by atoms with Gasteiger partial charge in [-0.05, 0) is 36.4 Å². The maximum absolute atomic E-state index is 12.5. The maximum Gasteiger partial charge on any atom is 0.254 e. The second kappa shape index (κ2) is 5.87. The Morgan fingerprint density at radius 2 is 1.32 bits per heavy atom. The molecular formula is C13H13Cl2N2OP. The smallest absolute Gasteiger partial charge is 0.254 e. The molecule has 19 heavy (non-hydrogen) atoms. The summed E-state index contributed by atoms with van der Waals surface area (Å²) in [5, 5.41) is 7.07. The van der Waals surface area contributed by atoms with Gasteiger partial charge in [-0.25, -0.2) is 0 Å². The Kier molecular flexibility index (Phi) is 4.41. The molecule has 0 heterocycles. The predicted molar refractivity (Wildman–Crippen MR) is 83.7 cm³/mol. The zero-order valence-corrected chi connectivity index (χ0v) is 12.6. The molecule has 0 spiro atoms. The number of halogens is 2. The van der Waals surface area contributed by atoms with Crippen LogP contribution in [-0.4, -0.2) is 6.66 Å². The highest BCUT2D eigenvalue weighted by Gasteiger charge is 2.14. The van der Waals surface area contributed by atoms with Crippen LogP contribution in [0.15, 0.2) is 48.5 Å². The third-order valence-electron chi connectivity index (χ3n) is 2.33. The molecule has 2 aromatic carbocycles. The van der Waals surface area contributed by atoms with E-state index in [4.69, 9.17) is 23.2 Å². The molecule has 0 aliphatic carbocycles. The lowest BCUT2D eigenvalue weighted by Gasteiger charge is -2.18. The summed E-state index contributed by atoms with van der Waals surface area (Å²) < 4.78 is 12.5. The van der Waals surface area contributed by atoms with Crippen molar-refractivity contribution in [3.63, 3.8) is 0 Å². The van der Waals surface area contributed by atoms with Crippen LogP contribution in [0.5, 0.6) is 0 Å². The fourth-order valence-electron chi connectivity index (χ4n) is 1.64. The van der Waals surface area contributed by atoms with Gasteiger partial charge in [-0.3, -0.25) is 4.57 Å². The predicted octanol–water partition coefficient (Wildman–Crippen LogP) is 5.34. The number of hydrogen-bond acceptors (Lipinski definition) is 1. The molecule has 2 rings (SSSR count). The summed E-state index contributed by atoms with van der Waals surface area (Å²) in [6.45, 7) is 1.61. The van der Waals surface area contributed by atoms with Gasteiger partial charge in [-0.15, -0.1) is 0 Å². The molecule has 0 bridgehead atoms. The van der Waals surface area contributed by atoms with Gasteiger partial charge in [-0.1, -0.05) is 35.3 Å². The zero-order valence-electron chi connectivity index (χ0n) is 10.2. The Hall–Kier alpha value is -1.15. The molecule has 0 aromatic heterocycles. The summed E-state index contributed by atoms with van der Waals surface area (Å²) >= 11 is 11.8. The molecule has 6 heteroatoms. The van der Waals surface area contributed by atoms with Crippen LogP contribution < -0.4 is 10.2 Å². The zero-order chi connectivity index (χ0) is 13.9. The number of rotatable bonds is 4. The lowest BCUT2D eigenvalue weighted by atomic mass is 10.3. The lowest BCUT2D eigenvalue weighted by Crippen LogP contribution is -2.04. The molecule has 0 saturated carbocycles. The molecule has 0 unspecified atom stereocenters. The summed E-state index contributed by atoms with van der Waals surface area (Å²) in [7, 11) is -2.79. The van der Waals surface area contributed by atoms with Crippen molar-refractivity contribution in [3.05, 3.63) is 58.6 Å². The normalized spacial score (nSPS) is 11.1. The van der Waals surface area contributed by atoms with E-state index in [9.17, 15) is 4.57 Å². The minimum absolute atomic E-state index is 0.591. The Labute approximate surface area is 122 Å². The first-order chi connectivity index (χ1) is 8.94. The van der Waals surface area contributed by atoms with Gasteiger partial charge < -0.3 is 10.2 Å². The molecule has 3 nitrogen and oxygen atoms in total. The van der Waals surface area contributed by atoms with E-state index in [2.05, 4.69) is 10.2 Å². The van der Waals surface area contributed by atoms with Gasteiger partial charge in [0.1, 0.15) is 0 Å². The minimum atomic E-state index is -2.79. The maximum atomic E-state index is 12.5. The van der Waals surface area contributed by atoms with Crippen LogP contribution >= 0.6 is 30.6 Å². The average molecular weight is 315 g/mol. The molecule has 0 fully saturated rings. The molecule has 0 radical (unpaired) electrons. The van der Waals surface area contributed by atoms with Crippen molar-refractivity contribution in [1.82, 2.24) is 0 Å². The third kappa shape index (κ3) is 4.46. The van der Waals surface area contributed by atoms with Crippen molar-refractivity contribution in [2.75, 3.05) is 16.8 Å². The Bertz CT molecular complexity index is 582. The van der Waals surface area contributed by atoms with E-state index >= 15 is 0 Å². The highest BCUT2D eigenvalue weighted by molar-refractivity contribution is 7.66. The SMILES string of the molecule is CP(=O)(Nc1cccc(Cl)c1)Nc1cccc(Cl)c1. The third-order valence-corrected chi connectivity index (χ3v) is 4.17. The quantitative estimate of drug-likeness (QED) is 0.748. The van der Waals surface area contributed by atoms with Gasteiger partial charge in [-0.2, -0.15) is 0 Å². The van der Waals surface area contributed by atoms with Crippen LogP contribution in [0.2, 0.25) is 10.0 Å². The number of nitrogens with one attached hydrogen (secondary N) is 2. The van der Waals surface area contributed by atoms with E-state index in [-0.39, 0.29) is 0 Å². The topological polar surface area (TPSA) is 41.1 Å². The van der Waals surface area contributed by atoms with Gasteiger partial charge >= 0.3 is 0 Å². The van der Waals surface area contributed by atoms with E-state index in [1.165, 1.54) is 0 Å². The summed E-state index contributed by atoms with van der Waals surface area (Å²) in [5.41, 5.74) is 1.40. The molecule has 2 aromatic rings. The molecule has 0 aliphatic heterocycles. The van der Waals surface area contributed by atoms with Crippen molar-refractivity contribution < 1.29 is 4.57 Å². The van der Waals surface area contributed by atoms with Crippen molar-refractivity contribution in [2.45, 2.75) is 0 Å². The van der Waals surface area contributed by atoms with Crippen molar-refractivity contribution in [1.29, 1.82) is 0 Å². The van der Waals surface area contributed by atoms with E-state index < -0.39 is 7.44 Å². The van der Waals surface area contributed by atoms with Crippen molar-refractivity contribution in [2.24, 2.45) is 0 Å². The first kappa shape index (κ1) is 14.3. The van der Waals surface area contributed by atoms with Crippen LogP contribution in [0.25, 0.3) is 0 Å². The van der Waals surface area contributed by atoms with Gasteiger partial charge in [0.2, 0.25) is 0 Å². The molecule has 0 aliphatic rings. The number of hydrogen-bond donors (Lipinski definition) is 2. The van der Waals surface area contributed by atoms with E-state index in [1.807, 2.05) is 12.1 Å². The van der Waals surface area contributed by atoms with E-state index in [0.717, 1.165) is 0 Å². The highest BCUT2D eigenvalue weighted by atomic mass is 35.5. The molecule has 0 saturated heterocycles. The van der Waals surface area contributed by atoms with Crippen molar-refractivity contribution in [3.8, 4) is 0 Å². The number of anilines is 2. The second-order valence-electron chi connectivity index (χ2n) is 4.17. The van der Waals surface area contributed by atoms with Crippen LogP contribution in [-0.2, 0) is 4.57 Å². The Morgan fingerprint density at radius 1 is 0.895 bits per heavy atom. The molecule has 2 N–H and O–H groups in total. The molecule has 0 atom stereocenters. The minimum Gasteiger partial charge on any atom is -0.321 e. The summed E-state index contributed by atoms with van der Waals surface area (Å²) in [6, 6.07) is 14.2. The van der Waals surface area contributed by atoms with Gasteiger partial charge in [0, 0.05) is 28.1 Å². The molecule has 0 amide bonds. The van der Waals surface area contributed by atoms with Gasteiger partial charge in [0.05, 0.1) is 0 Å². The summed E-state index contributed by atoms with van der Waals surface area (Å²) in [5.74, 6) is 0. The first-order valence-electron chi connectivity index (χ1n) is 5.60. The average Bonchev–Trinajstić information content (AvgIpc) is 2.27. The molecular weight excluding hydrogens is 302 g/mol. The fraction of sp³-hybridized carbons (Fsp3) is 0.0769. The van der Waals surface area contributed by atoms with Gasteiger partial charge in [0.25, 0.3) is 7.44 Å². The van der Waals surface area contributed by atoms with Gasteiger partial charge in [0.15, 0.2) is 0 Å². The largest absolute Gasteiger partial charge is 0.321 e. The standard InChI is InChI=1S/C13H13Cl2N2OP/c1-19(18,16-12-6-2-4-10(14)8-12)17-13-7-3-5-11(15)9-13/h2-9H,1H3,(H2,16,17,18). The van der Waals surface area contributed by atoms with Crippen LogP contribution in [0.4, 0.5) is 11.4 Å². The first-order valence-corrected chi connectivity index (χ1v) is 8.51. The Morgan fingerprint density at radius 3 is 1.68 bits per heavy atom. The highest BCUT2D eigenvalue weighted by Crippen LogP contribution is 2.42. The van der Waals surface area contributed by atoms with Crippen LogP contribution in [0.3, 0.4) is 0 Å².